The molecule has 1 atom stereocenters. The minimum absolute atomic E-state index is 0.324. The first-order chi connectivity index (χ1) is 9.49. The van der Waals surface area contributed by atoms with Gasteiger partial charge in [0.05, 0.1) is 10.5 Å². The predicted molar refractivity (Wildman–Crippen MR) is 75.8 cm³/mol. The Bertz CT molecular complexity index is 607. The average molecular weight is 296 g/mol. The van der Waals surface area contributed by atoms with Gasteiger partial charge in [0.2, 0.25) is 10.0 Å². The van der Waals surface area contributed by atoms with Crippen molar-refractivity contribution in [3.05, 3.63) is 29.3 Å². The fourth-order valence-electron chi connectivity index (χ4n) is 2.75. The molecule has 0 saturated carbocycles. The zero-order valence-corrected chi connectivity index (χ0v) is 12.4. The maximum absolute atomic E-state index is 12.3. The van der Waals surface area contributed by atoms with E-state index in [1.165, 1.54) is 5.56 Å². The fourth-order valence-corrected chi connectivity index (χ4v) is 3.95. The number of fused-ring (bicyclic) bond motifs is 1. The summed E-state index contributed by atoms with van der Waals surface area (Å²) in [7, 11) is -3.47. The van der Waals surface area contributed by atoms with Gasteiger partial charge in [-0.05, 0) is 43.0 Å². The molecule has 0 radical (unpaired) electrons. The third-order valence-corrected chi connectivity index (χ3v) is 5.45. The molecule has 3 rings (SSSR count). The molecule has 2 aliphatic rings. The van der Waals surface area contributed by atoms with Crippen LogP contribution in [0.25, 0.3) is 0 Å². The van der Waals surface area contributed by atoms with Gasteiger partial charge in [0.25, 0.3) is 0 Å². The summed E-state index contributed by atoms with van der Waals surface area (Å²) in [6.45, 7) is 4.54. The monoisotopic (exact) mass is 296 g/mol. The second kappa shape index (κ2) is 5.11. The first-order valence-corrected chi connectivity index (χ1v) is 8.43. The van der Waals surface area contributed by atoms with Gasteiger partial charge in [-0.25, -0.2) is 13.1 Å². The van der Waals surface area contributed by atoms with Gasteiger partial charge < -0.3 is 10.1 Å². The van der Waals surface area contributed by atoms with Crippen molar-refractivity contribution in [2.45, 2.75) is 43.4 Å². The summed E-state index contributed by atoms with van der Waals surface area (Å²) in [6, 6.07) is 5.32. The number of hydrogen-bond donors (Lipinski definition) is 2. The molecule has 0 aromatic heterocycles. The molecule has 110 valence electrons. The van der Waals surface area contributed by atoms with E-state index >= 15 is 0 Å². The first-order valence-electron chi connectivity index (χ1n) is 6.95. The molecular formula is C14H20N2O3S. The summed E-state index contributed by atoms with van der Waals surface area (Å²) in [5.41, 5.74) is 1.87. The highest BCUT2D eigenvalue weighted by atomic mass is 32.2. The van der Waals surface area contributed by atoms with E-state index in [-0.39, 0.29) is 5.60 Å². The Morgan fingerprint density at radius 3 is 2.90 bits per heavy atom. The van der Waals surface area contributed by atoms with E-state index in [9.17, 15) is 8.42 Å². The number of hydrogen-bond acceptors (Lipinski definition) is 4. The van der Waals surface area contributed by atoms with Crippen molar-refractivity contribution in [1.82, 2.24) is 10.0 Å². The van der Waals surface area contributed by atoms with Crippen LogP contribution in [0.5, 0.6) is 0 Å². The standard InChI is InChI=1S/C14H20N2O3S/c1-14(5-2-6-19-14)10-16-20(17,18)13-4-3-11-8-15-9-12(11)7-13/h3-4,7,15-16H,2,5-6,8-10H2,1H3. The van der Waals surface area contributed by atoms with Gasteiger partial charge in [-0.1, -0.05) is 6.07 Å². The number of ether oxygens (including phenoxy) is 1. The minimum Gasteiger partial charge on any atom is -0.374 e. The summed E-state index contributed by atoms with van der Waals surface area (Å²) in [5, 5.41) is 3.21. The maximum atomic E-state index is 12.3. The van der Waals surface area contributed by atoms with Gasteiger partial charge in [0.15, 0.2) is 0 Å². The van der Waals surface area contributed by atoms with Gasteiger partial charge in [-0.2, -0.15) is 0 Å². The van der Waals surface area contributed by atoms with Crippen LogP contribution in [-0.4, -0.2) is 27.2 Å². The SMILES string of the molecule is CC1(CNS(=O)(=O)c2ccc3c(c2)CNC3)CCCO1. The third-order valence-electron chi connectivity index (χ3n) is 4.06. The summed E-state index contributed by atoms with van der Waals surface area (Å²) in [5.74, 6) is 0. The number of sulfonamides is 1. The average Bonchev–Trinajstić information content (AvgIpc) is 3.05. The third kappa shape index (κ3) is 2.74. The molecule has 1 aromatic rings. The lowest BCUT2D eigenvalue weighted by molar-refractivity contribution is 0.0250. The van der Waals surface area contributed by atoms with Crippen LogP contribution in [0.1, 0.15) is 30.9 Å². The molecule has 0 spiro atoms. The highest BCUT2D eigenvalue weighted by Gasteiger charge is 2.31. The van der Waals surface area contributed by atoms with Gasteiger partial charge in [0.1, 0.15) is 0 Å². The minimum atomic E-state index is -3.47. The molecule has 0 amide bonds. The Morgan fingerprint density at radius 1 is 1.35 bits per heavy atom. The van der Waals surface area contributed by atoms with Crippen molar-refractivity contribution >= 4 is 10.0 Å². The highest BCUT2D eigenvalue weighted by Crippen LogP contribution is 2.25. The van der Waals surface area contributed by atoms with Crippen molar-refractivity contribution < 1.29 is 13.2 Å². The van der Waals surface area contributed by atoms with E-state index in [4.69, 9.17) is 4.74 Å². The number of rotatable bonds is 4. The Hall–Kier alpha value is -0.950. The van der Waals surface area contributed by atoms with Crippen LogP contribution in [0.2, 0.25) is 0 Å². The second-order valence-electron chi connectivity index (χ2n) is 5.76. The Morgan fingerprint density at radius 2 is 2.15 bits per heavy atom. The molecule has 2 N–H and O–H groups in total. The quantitative estimate of drug-likeness (QED) is 0.874. The molecule has 1 aromatic carbocycles. The summed E-state index contributed by atoms with van der Waals surface area (Å²) in [4.78, 5) is 0.335. The van der Waals surface area contributed by atoms with Gasteiger partial charge in [0, 0.05) is 26.2 Å². The molecule has 6 heteroatoms. The van der Waals surface area contributed by atoms with Crippen LogP contribution in [0, 0.1) is 0 Å². The molecular weight excluding hydrogens is 276 g/mol. The van der Waals surface area contributed by atoms with Crippen LogP contribution in [0.15, 0.2) is 23.1 Å². The van der Waals surface area contributed by atoms with E-state index in [2.05, 4.69) is 10.0 Å². The van der Waals surface area contributed by atoms with Crippen LogP contribution in [0.3, 0.4) is 0 Å². The largest absolute Gasteiger partial charge is 0.374 e. The van der Waals surface area contributed by atoms with E-state index < -0.39 is 10.0 Å². The zero-order chi connectivity index (χ0) is 14.2. The van der Waals surface area contributed by atoms with E-state index in [1.807, 2.05) is 13.0 Å². The van der Waals surface area contributed by atoms with Crippen LogP contribution < -0.4 is 10.0 Å². The molecule has 0 aliphatic carbocycles. The maximum Gasteiger partial charge on any atom is 0.240 e. The Balaban J connectivity index is 1.74. The predicted octanol–water partition coefficient (Wildman–Crippen LogP) is 1.14. The van der Waals surface area contributed by atoms with Crippen LogP contribution in [0.4, 0.5) is 0 Å². The molecule has 20 heavy (non-hydrogen) atoms. The lowest BCUT2D eigenvalue weighted by Crippen LogP contribution is -2.40. The van der Waals surface area contributed by atoms with Gasteiger partial charge in [-0.3, -0.25) is 0 Å². The molecule has 0 bridgehead atoms. The molecule has 1 saturated heterocycles. The summed E-state index contributed by atoms with van der Waals surface area (Å²) in [6.07, 6.45) is 1.88. The first kappa shape index (κ1) is 14.0. The van der Waals surface area contributed by atoms with Crippen LogP contribution >= 0.6 is 0 Å². The Kier molecular flexibility index (Phi) is 3.58. The summed E-state index contributed by atoms with van der Waals surface area (Å²) >= 11 is 0. The Labute approximate surface area is 119 Å². The topological polar surface area (TPSA) is 67.4 Å². The summed E-state index contributed by atoms with van der Waals surface area (Å²) < 4.78 is 33.0. The van der Waals surface area contributed by atoms with Crippen LogP contribution in [-0.2, 0) is 27.8 Å². The van der Waals surface area contributed by atoms with Crippen molar-refractivity contribution in [2.24, 2.45) is 0 Å². The zero-order valence-electron chi connectivity index (χ0n) is 11.6. The van der Waals surface area contributed by atoms with Crippen molar-refractivity contribution in [3.8, 4) is 0 Å². The van der Waals surface area contributed by atoms with E-state index in [0.29, 0.717) is 18.0 Å². The lowest BCUT2D eigenvalue weighted by Gasteiger charge is -2.23. The van der Waals surface area contributed by atoms with Crippen molar-refractivity contribution in [1.29, 1.82) is 0 Å². The van der Waals surface area contributed by atoms with Crippen molar-refractivity contribution in [2.75, 3.05) is 13.2 Å². The molecule has 2 aliphatic heterocycles. The second-order valence-corrected chi connectivity index (χ2v) is 7.53. The lowest BCUT2D eigenvalue weighted by atomic mass is 10.0. The van der Waals surface area contributed by atoms with Gasteiger partial charge in [-0.15, -0.1) is 0 Å². The molecule has 1 fully saturated rings. The molecule has 5 nitrogen and oxygen atoms in total. The smallest absolute Gasteiger partial charge is 0.240 e. The number of benzene rings is 1. The highest BCUT2D eigenvalue weighted by molar-refractivity contribution is 7.89. The van der Waals surface area contributed by atoms with Crippen molar-refractivity contribution in [3.63, 3.8) is 0 Å². The number of nitrogens with one attached hydrogen (secondary N) is 2. The fraction of sp³-hybridized carbons (Fsp3) is 0.571. The normalized spacial score (nSPS) is 25.9. The van der Waals surface area contributed by atoms with E-state index in [0.717, 1.165) is 31.5 Å². The van der Waals surface area contributed by atoms with Gasteiger partial charge >= 0.3 is 0 Å². The molecule has 2 heterocycles. The van der Waals surface area contributed by atoms with E-state index in [1.54, 1.807) is 12.1 Å². The molecule has 1 unspecified atom stereocenters.